The molecule has 1 saturated heterocycles. The second-order valence-electron chi connectivity index (χ2n) is 5.10. The number of likely N-dealkylation sites (tertiary alicyclic amines) is 1. The second kappa shape index (κ2) is 5.15. The van der Waals surface area contributed by atoms with Crippen LogP contribution in [-0.2, 0) is 4.79 Å². The quantitative estimate of drug-likeness (QED) is 0.747. The molecule has 2 fully saturated rings. The van der Waals surface area contributed by atoms with Gasteiger partial charge in [0.1, 0.15) is 0 Å². The van der Waals surface area contributed by atoms with Gasteiger partial charge < -0.3 is 10.2 Å². The zero-order valence-electron chi connectivity index (χ0n) is 10.4. The summed E-state index contributed by atoms with van der Waals surface area (Å²) in [5, 5.41) is 3.30. The Balaban J connectivity index is 1.77. The van der Waals surface area contributed by atoms with Crippen molar-refractivity contribution >= 4 is 5.91 Å². The lowest BCUT2D eigenvalue weighted by atomic mass is 10.1. The SMILES string of the molecule is CNC1CCCN(CC(=O)N(C)C2CC2)C1. The Morgan fingerprint density at radius 1 is 1.44 bits per heavy atom. The number of rotatable bonds is 4. The van der Waals surface area contributed by atoms with Crippen LogP contribution in [0.1, 0.15) is 25.7 Å². The van der Waals surface area contributed by atoms with E-state index in [0.717, 1.165) is 13.1 Å². The van der Waals surface area contributed by atoms with Gasteiger partial charge in [-0.05, 0) is 39.3 Å². The molecule has 1 amide bonds. The Kier molecular flexibility index (Phi) is 3.82. The normalized spacial score (nSPS) is 26.8. The smallest absolute Gasteiger partial charge is 0.236 e. The first kappa shape index (κ1) is 11.9. The van der Waals surface area contributed by atoms with Gasteiger partial charge in [-0.1, -0.05) is 0 Å². The fraction of sp³-hybridized carbons (Fsp3) is 0.917. The molecule has 4 nitrogen and oxygen atoms in total. The Bertz CT molecular complexity index is 253. The lowest BCUT2D eigenvalue weighted by Gasteiger charge is -2.33. The molecule has 0 aromatic heterocycles. The molecule has 1 N–H and O–H groups in total. The van der Waals surface area contributed by atoms with Crippen LogP contribution in [0.5, 0.6) is 0 Å². The molecular formula is C12H23N3O. The van der Waals surface area contributed by atoms with Gasteiger partial charge in [-0.3, -0.25) is 9.69 Å². The highest BCUT2D eigenvalue weighted by Gasteiger charge is 2.30. The van der Waals surface area contributed by atoms with Gasteiger partial charge in [0, 0.05) is 25.7 Å². The summed E-state index contributed by atoms with van der Waals surface area (Å²) >= 11 is 0. The molecule has 0 radical (unpaired) electrons. The average molecular weight is 225 g/mol. The minimum atomic E-state index is 0.291. The van der Waals surface area contributed by atoms with Crippen molar-refractivity contribution in [3.05, 3.63) is 0 Å². The molecule has 1 saturated carbocycles. The summed E-state index contributed by atoms with van der Waals surface area (Å²) in [5.74, 6) is 0.291. The van der Waals surface area contributed by atoms with Crippen LogP contribution in [0.3, 0.4) is 0 Å². The molecule has 2 rings (SSSR count). The van der Waals surface area contributed by atoms with Crippen LogP contribution in [-0.4, -0.2) is 61.5 Å². The summed E-state index contributed by atoms with van der Waals surface area (Å²) in [6, 6.07) is 1.10. The van der Waals surface area contributed by atoms with Crippen LogP contribution in [0.15, 0.2) is 0 Å². The molecule has 2 aliphatic rings. The van der Waals surface area contributed by atoms with Gasteiger partial charge in [0.2, 0.25) is 5.91 Å². The first-order valence-electron chi connectivity index (χ1n) is 6.36. The zero-order valence-corrected chi connectivity index (χ0v) is 10.4. The van der Waals surface area contributed by atoms with Crippen LogP contribution < -0.4 is 5.32 Å². The highest BCUT2D eigenvalue weighted by Crippen LogP contribution is 2.25. The minimum Gasteiger partial charge on any atom is -0.342 e. The number of likely N-dealkylation sites (N-methyl/N-ethyl adjacent to an activating group) is 2. The lowest BCUT2D eigenvalue weighted by molar-refractivity contribution is -0.131. The van der Waals surface area contributed by atoms with Gasteiger partial charge in [-0.2, -0.15) is 0 Å². The van der Waals surface area contributed by atoms with E-state index in [2.05, 4.69) is 10.2 Å². The third kappa shape index (κ3) is 2.95. The van der Waals surface area contributed by atoms with E-state index in [-0.39, 0.29) is 0 Å². The van der Waals surface area contributed by atoms with E-state index in [0.29, 0.717) is 24.5 Å². The van der Waals surface area contributed by atoms with Crippen LogP contribution in [0, 0.1) is 0 Å². The van der Waals surface area contributed by atoms with E-state index >= 15 is 0 Å². The number of piperidine rings is 1. The van der Waals surface area contributed by atoms with E-state index in [1.807, 2.05) is 19.0 Å². The third-order valence-corrected chi connectivity index (χ3v) is 3.76. The van der Waals surface area contributed by atoms with Crippen molar-refractivity contribution in [3.63, 3.8) is 0 Å². The molecule has 1 atom stereocenters. The summed E-state index contributed by atoms with van der Waals surface area (Å²) < 4.78 is 0. The standard InChI is InChI=1S/C12H23N3O/c1-13-10-4-3-7-15(8-10)9-12(16)14(2)11-5-6-11/h10-11,13H,3-9H2,1-2H3. The Morgan fingerprint density at radius 3 is 2.81 bits per heavy atom. The third-order valence-electron chi connectivity index (χ3n) is 3.76. The fourth-order valence-corrected chi connectivity index (χ4v) is 2.40. The van der Waals surface area contributed by atoms with E-state index in [9.17, 15) is 4.79 Å². The van der Waals surface area contributed by atoms with E-state index in [1.165, 1.54) is 25.7 Å². The van der Waals surface area contributed by atoms with Gasteiger partial charge in [-0.15, -0.1) is 0 Å². The second-order valence-corrected chi connectivity index (χ2v) is 5.10. The number of hydrogen-bond acceptors (Lipinski definition) is 3. The summed E-state index contributed by atoms with van der Waals surface area (Å²) in [7, 11) is 3.95. The van der Waals surface area contributed by atoms with Crippen molar-refractivity contribution < 1.29 is 4.79 Å². The van der Waals surface area contributed by atoms with E-state index in [4.69, 9.17) is 0 Å². The maximum absolute atomic E-state index is 12.0. The molecule has 92 valence electrons. The highest BCUT2D eigenvalue weighted by molar-refractivity contribution is 5.78. The molecule has 1 aliphatic heterocycles. The van der Waals surface area contributed by atoms with E-state index in [1.54, 1.807) is 0 Å². The Hall–Kier alpha value is -0.610. The van der Waals surface area contributed by atoms with Crippen LogP contribution >= 0.6 is 0 Å². The summed E-state index contributed by atoms with van der Waals surface area (Å²) in [4.78, 5) is 16.2. The number of hydrogen-bond donors (Lipinski definition) is 1. The number of nitrogens with one attached hydrogen (secondary N) is 1. The van der Waals surface area contributed by atoms with Crippen LogP contribution in [0.4, 0.5) is 0 Å². The first-order valence-corrected chi connectivity index (χ1v) is 6.36. The molecule has 4 heteroatoms. The maximum Gasteiger partial charge on any atom is 0.236 e. The van der Waals surface area contributed by atoms with Gasteiger partial charge in [0.25, 0.3) is 0 Å². The summed E-state index contributed by atoms with van der Waals surface area (Å²) in [6.07, 6.45) is 4.83. The molecule has 0 aromatic carbocycles. The Labute approximate surface area is 98.0 Å². The van der Waals surface area contributed by atoms with Gasteiger partial charge in [0.15, 0.2) is 0 Å². The summed E-state index contributed by atoms with van der Waals surface area (Å²) in [5.41, 5.74) is 0. The fourth-order valence-electron chi connectivity index (χ4n) is 2.40. The molecule has 16 heavy (non-hydrogen) atoms. The van der Waals surface area contributed by atoms with E-state index < -0.39 is 0 Å². The predicted octanol–water partition coefficient (Wildman–Crippen LogP) is 0.291. The molecule has 1 aliphatic carbocycles. The van der Waals surface area contributed by atoms with Crippen LogP contribution in [0.2, 0.25) is 0 Å². The van der Waals surface area contributed by atoms with Gasteiger partial charge in [-0.25, -0.2) is 0 Å². The van der Waals surface area contributed by atoms with Crippen molar-refractivity contribution in [1.82, 2.24) is 15.1 Å². The maximum atomic E-state index is 12.0. The highest BCUT2D eigenvalue weighted by atomic mass is 16.2. The van der Waals surface area contributed by atoms with Crippen molar-refractivity contribution in [2.75, 3.05) is 33.7 Å². The molecule has 1 heterocycles. The van der Waals surface area contributed by atoms with Gasteiger partial charge in [0.05, 0.1) is 6.54 Å². The number of carbonyl (C=O) groups is 1. The number of nitrogens with zero attached hydrogens (tertiary/aromatic N) is 2. The summed E-state index contributed by atoms with van der Waals surface area (Å²) in [6.45, 7) is 2.69. The van der Waals surface area contributed by atoms with Gasteiger partial charge >= 0.3 is 0 Å². The van der Waals surface area contributed by atoms with Crippen molar-refractivity contribution in [2.24, 2.45) is 0 Å². The molecule has 0 spiro atoms. The topological polar surface area (TPSA) is 35.6 Å². The average Bonchev–Trinajstić information content (AvgIpc) is 3.12. The predicted molar refractivity (Wildman–Crippen MR) is 64.3 cm³/mol. The zero-order chi connectivity index (χ0) is 11.5. The van der Waals surface area contributed by atoms with Crippen molar-refractivity contribution in [1.29, 1.82) is 0 Å². The van der Waals surface area contributed by atoms with Crippen LogP contribution in [0.25, 0.3) is 0 Å². The first-order chi connectivity index (χ1) is 7.70. The van der Waals surface area contributed by atoms with Crippen molar-refractivity contribution in [3.8, 4) is 0 Å². The number of carbonyl (C=O) groups excluding carboxylic acids is 1. The molecular weight excluding hydrogens is 202 g/mol. The number of amides is 1. The largest absolute Gasteiger partial charge is 0.342 e. The monoisotopic (exact) mass is 225 g/mol. The minimum absolute atomic E-state index is 0.291. The lowest BCUT2D eigenvalue weighted by Crippen LogP contribution is -2.48. The Morgan fingerprint density at radius 2 is 2.19 bits per heavy atom. The molecule has 0 bridgehead atoms. The molecule has 0 aromatic rings. The van der Waals surface area contributed by atoms with Crippen molar-refractivity contribution in [2.45, 2.75) is 37.8 Å². The molecule has 1 unspecified atom stereocenters.